The highest BCUT2D eigenvalue weighted by Crippen LogP contribution is 2.55. The Morgan fingerprint density at radius 2 is 0.912 bits per heavy atom. The van der Waals surface area contributed by atoms with Crippen LogP contribution >= 0.6 is 18.2 Å². The first-order valence-electron chi connectivity index (χ1n) is 17.7. The van der Waals surface area contributed by atoms with Crippen LogP contribution in [-0.2, 0) is 13.8 Å². The minimum atomic E-state index is -4.84. The molecule has 19 heteroatoms. The summed E-state index contributed by atoms with van der Waals surface area (Å²) in [6, 6.07) is 23.3. The van der Waals surface area contributed by atoms with E-state index in [9.17, 15) is 40.5 Å². The quantitative estimate of drug-likeness (QED) is 0.106. The molecule has 4 aromatic carbocycles. The number of nitrogens with one attached hydrogen (secondary N) is 2. The van der Waals surface area contributed by atoms with Gasteiger partial charge in [0.25, 0.3) is 11.8 Å². The van der Waals surface area contributed by atoms with Crippen molar-refractivity contribution < 1.29 is 59.2 Å². The Balaban J connectivity index is 0.925. The molecule has 4 aromatic rings. The maximum absolute atomic E-state index is 13.1. The predicted molar refractivity (Wildman–Crippen MR) is 197 cm³/mol. The van der Waals surface area contributed by atoms with Gasteiger partial charge in [-0.15, -0.1) is 26.3 Å². The van der Waals surface area contributed by atoms with Crippen LogP contribution in [0.2, 0.25) is 0 Å². The van der Waals surface area contributed by atoms with Gasteiger partial charge in [0.15, 0.2) is 0 Å². The molecule has 0 aliphatic carbocycles. The van der Waals surface area contributed by atoms with Gasteiger partial charge in [-0.1, -0.05) is 48.5 Å². The molecule has 2 amide bonds. The summed E-state index contributed by atoms with van der Waals surface area (Å²) in [5, 5.41) is 8.72. The highest BCUT2D eigenvalue weighted by Gasteiger charge is 2.35. The summed E-state index contributed by atoms with van der Waals surface area (Å²) in [4.78, 5) is 26.1. The topological polar surface area (TPSA) is 119 Å². The lowest BCUT2D eigenvalue weighted by Crippen LogP contribution is -2.45. The number of hydrogen-bond acceptors (Lipinski definition) is 9. The number of hydroxylamine groups is 4. The SMILES string of the molecule is O=C(NC1CCN(OP(=O)(Cl)ON2CCC(NC(=O)c3cccc(-c4cccc(OC(F)(F)F)c4)c3)CC2)CC1)c1cccc(-c2cccc(OC(F)(F)F)c2)c1. The van der Waals surface area contributed by atoms with Gasteiger partial charge in [0.05, 0.1) is 0 Å². The molecular formula is C38H36ClF6N4O7P. The molecule has 6 rings (SSSR count). The third-order valence-corrected chi connectivity index (χ3v) is 10.3. The van der Waals surface area contributed by atoms with E-state index >= 15 is 0 Å². The van der Waals surface area contributed by atoms with E-state index in [1.807, 2.05) is 0 Å². The van der Waals surface area contributed by atoms with Gasteiger partial charge in [0.2, 0.25) is 0 Å². The van der Waals surface area contributed by atoms with Crippen LogP contribution in [0, 0.1) is 0 Å². The maximum Gasteiger partial charge on any atom is 0.573 e. The molecule has 11 nitrogen and oxygen atoms in total. The normalized spacial score (nSPS) is 16.5. The molecule has 2 saturated heterocycles. The average Bonchev–Trinajstić information content (AvgIpc) is 3.15. The van der Waals surface area contributed by atoms with E-state index in [2.05, 4.69) is 20.1 Å². The first kappa shape index (κ1) is 42.0. The number of hydrogen-bond donors (Lipinski definition) is 2. The fraction of sp³-hybridized carbons (Fsp3) is 0.316. The van der Waals surface area contributed by atoms with Crippen LogP contribution in [0.4, 0.5) is 26.3 Å². The van der Waals surface area contributed by atoms with Crippen LogP contribution in [0.15, 0.2) is 97.1 Å². The Bertz CT molecular complexity index is 1950. The van der Waals surface area contributed by atoms with E-state index in [1.165, 1.54) is 46.5 Å². The van der Waals surface area contributed by atoms with Crippen molar-refractivity contribution in [2.75, 3.05) is 26.2 Å². The fourth-order valence-corrected chi connectivity index (χ4v) is 7.85. The Morgan fingerprint density at radius 3 is 1.26 bits per heavy atom. The number of nitrogens with zero attached hydrogens (tertiary/aromatic N) is 2. The summed E-state index contributed by atoms with van der Waals surface area (Å²) < 4.78 is 108. The molecule has 0 atom stereocenters. The molecule has 2 aliphatic heterocycles. The molecule has 0 saturated carbocycles. The Labute approximate surface area is 328 Å². The van der Waals surface area contributed by atoms with E-state index in [0.29, 0.717) is 59.1 Å². The summed E-state index contributed by atoms with van der Waals surface area (Å²) in [6.45, 7) is -3.01. The van der Waals surface area contributed by atoms with Crippen LogP contribution in [0.25, 0.3) is 22.3 Å². The predicted octanol–water partition coefficient (Wildman–Crippen LogP) is 9.12. The van der Waals surface area contributed by atoms with Crippen LogP contribution < -0.4 is 20.1 Å². The maximum atomic E-state index is 13.1. The molecule has 0 aromatic heterocycles. The summed E-state index contributed by atoms with van der Waals surface area (Å²) >= 11 is 6.18. The van der Waals surface area contributed by atoms with Crippen LogP contribution in [0.1, 0.15) is 46.4 Å². The number of carbonyl (C=O) groups excluding carboxylic acids is 2. The number of amides is 2. The largest absolute Gasteiger partial charge is 0.573 e. The second kappa shape index (κ2) is 17.9. The molecule has 0 unspecified atom stereocenters. The summed E-state index contributed by atoms with van der Waals surface area (Å²) in [5.74, 6) is -1.50. The Kier molecular flexibility index (Phi) is 13.2. The standard InChI is InChI=1S/C38H36ClF6N4O7P/c39-57(52,55-48-17-13-31(14-18-48)46-35(50)29-9-1-5-25(21-29)27-7-3-11-33(23-27)53-37(40,41)42)56-49-19-15-32(16-20-49)47-36(51)30-10-2-6-26(22-30)28-8-4-12-34(24-28)54-38(43,44)45/h1-12,21-24,31-32H,13-20H2,(H,46,50)(H,47,51). The Hall–Kier alpha value is -4.64. The molecule has 304 valence electrons. The van der Waals surface area contributed by atoms with Gasteiger partial charge in [-0.3, -0.25) is 9.59 Å². The molecule has 0 spiro atoms. The van der Waals surface area contributed by atoms with E-state index in [4.69, 9.17) is 20.5 Å². The first-order valence-corrected chi connectivity index (χ1v) is 20.1. The number of carbonyl (C=O) groups is 2. The molecule has 2 N–H and O–H groups in total. The number of benzene rings is 4. The molecule has 0 bridgehead atoms. The van der Waals surface area contributed by atoms with Crippen molar-refractivity contribution in [2.45, 2.75) is 50.5 Å². The van der Waals surface area contributed by atoms with Gasteiger partial charge in [-0.05, 0) is 96.5 Å². The second-order valence-electron chi connectivity index (χ2n) is 13.3. The van der Waals surface area contributed by atoms with Crippen LogP contribution in [-0.4, -0.2) is 72.9 Å². The van der Waals surface area contributed by atoms with Crippen molar-refractivity contribution >= 4 is 30.0 Å². The summed E-state index contributed by atoms with van der Waals surface area (Å²) in [6.07, 6.45) is -7.92. The van der Waals surface area contributed by atoms with Crippen molar-refractivity contribution in [3.8, 4) is 33.8 Å². The highest BCUT2D eigenvalue weighted by molar-refractivity contribution is 7.81. The number of piperidine rings is 2. The second-order valence-corrected chi connectivity index (χ2v) is 15.7. The van der Waals surface area contributed by atoms with Gasteiger partial charge < -0.3 is 20.1 Å². The lowest BCUT2D eigenvalue weighted by molar-refractivity contribution is -0.275. The van der Waals surface area contributed by atoms with Gasteiger partial charge in [-0.2, -0.15) is 10.1 Å². The summed E-state index contributed by atoms with van der Waals surface area (Å²) in [7, 11) is 0. The minimum Gasteiger partial charge on any atom is -0.406 e. The molecular weight excluding hydrogens is 805 g/mol. The van der Waals surface area contributed by atoms with Gasteiger partial charge >= 0.3 is 19.7 Å². The average molecular weight is 841 g/mol. The van der Waals surface area contributed by atoms with E-state index in [1.54, 1.807) is 60.7 Å². The zero-order valence-corrected chi connectivity index (χ0v) is 31.5. The third kappa shape index (κ3) is 12.7. The fourth-order valence-electron chi connectivity index (χ4n) is 6.42. The zero-order valence-electron chi connectivity index (χ0n) is 29.9. The third-order valence-electron chi connectivity index (χ3n) is 9.06. The summed E-state index contributed by atoms with van der Waals surface area (Å²) in [5.41, 5.74) is 2.56. The highest BCUT2D eigenvalue weighted by atomic mass is 35.7. The molecule has 2 fully saturated rings. The number of halogens is 7. The lowest BCUT2D eigenvalue weighted by atomic mass is 10.0. The number of ether oxygens (including phenoxy) is 2. The zero-order chi connectivity index (χ0) is 40.8. The Morgan fingerprint density at radius 1 is 0.579 bits per heavy atom. The lowest BCUT2D eigenvalue weighted by Gasteiger charge is -2.35. The molecule has 57 heavy (non-hydrogen) atoms. The molecule has 2 aliphatic rings. The van der Waals surface area contributed by atoms with Crippen LogP contribution in [0.3, 0.4) is 0 Å². The molecule has 2 heterocycles. The van der Waals surface area contributed by atoms with Crippen molar-refractivity contribution in [3.05, 3.63) is 108 Å². The van der Waals surface area contributed by atoms with E-state index in [-0.39, 0.29) is 61.6 Å². The monoisotopic (exact) mass is 840 g/mol. The van der Waals surface area contributed by atoms with E-state index in [0.717, 1.165) is 0 Å². The van der Waals surface area contributed by atoms with E-state index < -0.39 is 19.7 Å². The van der Waals surface area contributed by atoms with Gasteiger partial charge in [0, 0.05) is 60.6 Å². The van der Waals surface area contributed by atoms with Crippen molar-refractivity contribution in [3.63, 3.8) is 0 Å². The number of alkyl halides is 6. The van der Waals surface area contributed by atoms with Gasteiger partial charge in [-0.25, -0.2) is 13.8 Å². The molecule has 0 radical (unpaired) electrons. The van der Waals surface area contributed by atoms with Crippen molar-refractivity contribution in [1.82, 2.24) is 20.8 Å². The first-order chi connectivity index (χ1) is 27.0. The van der Waals surface area contributed by atoms with Crippen LogP contribution in [0.5, 0.6) is 11.5 Å². The van der Waals surface area contributed by atoms with Gasteiger partial charge in [0.1, 0.15) is 11.5 Å². The minimum absolute atomic E-state index is 0.249. The van der Waals surface area contributed by atoms with Crippen molar-refractivity contribution in [2.24, 2.45) is 0 Å². The van der Waals surface area contributed by atoms with Crippen molar-refractivity contribution in [1.29, 1.82) is 0 Å². The number of rotatable bonds is 12. The smallest absolute Gasteiger partial charge is 0.406 e.